The Morgan fingerprint density at radius 1 is 1.04 bits per heavy atom. The molecule has 1 aliphatic carbocycles. The summed E-state index contributed by atoms with van der Waals surface area (Å²) in [6, 6.07) is 11.9. The number of carbonyl (C=O) groups excluding carboxylic acids is 2. The predicted octanol–water partition coefficient (Wildman–Crippen LogP) is 3.14. The van der Waals surface area contributed by atoms with Gasteiger partial charge < -0.3 is 10.6 Å². The van der Waals surface area contributed by atoms with Crippen LogP contribution in [0.25, 0.3) is 0 Å². The van der Waals surface area contributed by atoms with Crippen molar-refractivity contribution in [1.82, 2.24) is 0 Å². The first-order valence-corrected chi connectivity index (χ1v) is 10.8. The quantitative estimate of drug-likeness (QED) is 0.798. The molecule has 0 bridgehead atoms. The van der Waals surface area contributed by atoms with E-state index in [-0.39, 0.29) is 23.5 Å². The van der Waals surface area contributed by atoms with Gasteiger partial charge in [-0.2, -0.15) is 0 Å². The summed E-state index contributed by atoms with van der Waals surface area (Å²) >= 11 is 0. The zero-order valence-corrected chi connectivity index (χ0v) is 16.1. The molecule has 0 heterocycles. The van der Waals surface area contributed by atoms with Crippen LogP contribution in [0.2, 0.25) is 0 Å². The third-order valence-corrected chi connectivity index (χ3v) is 5.20. The fourth-order valence-electron chi connectivity index (χ4n) is 2.67. The Hall–Kier alpha value is -2.67. The molecule has 0 saturated heterocycles. The minimum absolute atomic E-state index is 0.0117. The van der Waals surface area contributed by atoms with Gasteiger partial charge in [-0.1, -0.05) is 18.2 Å². The maximum Gasteiger partial charge on any atom is 0.255 e. The van der Waals surface area contributed by atoms with Crippen molar-refractivity contribution >= 4 is 33.0 Å². The standard InChI is InChI=1S/C20H22N2O4S/c1-13-3-10-17(21-19(23)16-8-9-16)11-18(13)22-20(24)15-6-4-14(5-7-15)12-27(2,25)26/h3-7,10-11,16H,8-9,12H2,1-2H3,(H,21,23)(H,22,24). The number of nitrogens with one attached hydrogen (secondary N) is 2. The van der Waals surface area contributed by atoms with Crippen LogP contribution in [0.1, 0.15) is 34.3 Å². The molecule has 27 heavy (non-hydrogen) atoms. The summed E-state index contributed by atoms with van der Waals surface area (Å²) in [5, 5.41) is 5.71. The summed E-state index contributed by atoms with van der Waals surface area (Å²) in [6.07, 6.45) is 3.03. The highest BCUT2D eigenvalue weighted by atomic mass is 32.2. The van der Waals surface area contributed by atoms with E-state index in [1.165, 1.54) is 6.26 Å². The summed E-state index contributed by atoms with van der Waals surface area (Å²) in [6.45, 7) is 1.87. The van der Waals surface area contributed by atoms with Crippen molar-refractivity contribution in [2.45, 2.75) is 25.5 Å². The van der Waals surface area contributed by atoms with Crippen molar-refractivity contribution in [2.24, 2.45) is 5.92 Å². The average Bonchev–Trinajstić information content (AvgIpc) is 3.42. The van der Waals surface area contributed by atoms with Crippen LogP contribution < -0.4 is 10.6 Å². The van der Waals surface area contributed by atoms with Gasteiger partial charge in [-0.3, -0.25) is 9.59 Å². The molecule has 1 aliphatic rings. The van der Waals surface area contributed by atoms with Crippen molar-refractivity contribution in [3.05, 3.63) is 59.2 Å². The Morgan fingerprint density at radius 2 is 1.70 bits per heavy atom. The molecule has 1 fully saturated rings. The van der Waals surface area contributed by atoms with Crippen LogP contribution in [0, 0.1) is 12.8 Å². The van der Waals surface area contributed by atoms with Crippen molar-refractivity contribution in [2.75, 3.05) is 16.9 Å². The summed E-state index contributed by atoms with van der Waals surface area (Å²) in [7, 11) is -3.12. The summed E-state index contributed by atoms with van der Waals surface area (Å²) in [4.78, 5) is 24.4. The van der Waals surface area contributed by atoms with Crippen molar-refractivity contribution in [3.8, 4) is 0 Å². The molecule has 3 rings (SSSR count). The first-order chi connectivity index (χ1) is 12.7. The van der Waals surface area contributed by atoms with Crippen LogP contribution in [-0.4, -0.2) is 26.5 Å². The van der Waals surface area contributed by atoms with Crippen LogP contribution in [-0.2, 0) is 20.4 Å². The topological polar surface area (TPSA) is 92.3 Å². The Labute approximate surface area is 158 Å². The summed E-state index contributed by atoms with van der Waals surface area (Å²) < 4.78 is 22.7. The van der Waals surface area contributed by atoms with E-state index in [0.717, 1.165) is 18.4 Å². The van der Waals surface area contributed by atoms with Gasteiger partial charge in [0.05, 0.1) is 5.75 Å². The van der Waals surface area contributed by atoms with E-state index in [2.05, 4.69) is 10.6 Å². The van der Waals surface area contributed by atoms with Gasteiger partial charge in [0, 0.05) is 29.1 Å². The van der Waals surface area contributed by atoms with Gasteiger partial charge in [0.2, 0.25) is 5.91 Å². The smallest absolute Gasteiger partial charge is 0.255 e. The van der Waals surface area contributed by atoms with Gasteiger partial charge in [-0.15, -0.1) is 0 Å². The SMILES string of the molecule is Cc1ccc(NC(=O)C2CC2)cc1NC(=O)c1ccc(CS(C)(=O)=O)cc1. The molecule has 2 aromatic carbocycles. The summed E-state index contributed by atoms with van der Waals surface area (Å²) in [5.41, 5.74) is 3.21. The largest absolute Gasteiger partial charge is 0.326 e. The molecule has 0 unspecified atom stereocenters. The number of sulfone groups is 1. The molecule has 7 heteroatoms. The number of carbonyl (C=O) groups is 2. The van der Waals surface area contributed by atoms with Crippen molar-refractivity contribution < 1.29 is 18.0 Å². The minimum atomic E-state index is -3.12. The van der Waals surface area contributed by atoms with Gasteiger partial charge in [0.15, 0.2) is 9.84 Å². The Morgan fingerprint density at radius 3 is 2.30 bits per heavy atom. The van der Waals surface area contributed by atoms with E-state index in [9.17, 15) is 18.0 Å². The first kappa shape index (κ1) is 19.1. The molecule has 0 spiro atoms. The van der Waals surface area contributed by atoms with E-state index in [1.807, 2.05) is 19.1 Å². The molecule has 2 aromatic rings. The highest BCUT2D eigenvalue weighted by Gasteiger charge is 2.29. The zero-order valence-electron chi connectivity index (χ0n) is 15.3. The Kier molecular flexibility index (Phi) is 5.32. The highest BCUT2D eigenvalue weighted by Crippen LogP contribution is 2.31. The van der Waals surface area contributed by atoms with Crippen LogP contribution in [0.5, 0.6) is 0 Å². The third-order valence-electron chi connectivity index (χ3n) is 4.35. The lowest BCUT2D eigenvalue weighted by molar-refractivity contribution is -0.117. The van der Waals surface area contributed by atoms with E-state index in [4.69, 9.17) is 0 Å². The number of anilines is 2. The maximum atomic E-state index is 12.5. The Bertz CT molecular complexity index is 978. The number of aryl methyl sites for hydroxylation is 1. The predicted molar refractivity (Wildman–Crippen MR) is 105 cm³/mol. The molecule has 2 N–H and O–H groups in total. The lowest BCUT2D eigenvalue weighted by atomic mass is 10.1. The second kappa shape index (κ2) is 7.52. The van der Waals surface area contributed by atoms with E-state index >= 15 is 0 Å². The molecular formula is C20H22N2O4S. The zero-order chi connectivity index (χ0) is 19.6. The lowest BCUT2D eigenvalue weighted by Gasteiger charge is -2.12. The van der Waals surface area contributed by atoms with Gasteiger partial charge in [-0.25, -0.2) is 8.42 Å². The normalized spacial score (nSPS) is 13.9. The fourth-order valence-corrected chi connectivity index (χ4v) is 3.47. The van der Waals surface area contributed by atoms with E-state index in [0.29, 0.717) is 22.5 Å². The molecule has 0 atom stereocenters. The fraction of sp³-hybridized carbons (Fsp3) is 0.300. The number of benzene rings is 2. The van der Waals surface area contributed by atoms with E-state index < -0.39 is 9.84 Å². The lowest BCUT2D eigenvalue weighted by Crippen LogP contribution is -2.15. The van der Waals surface area contributed by atoms with Gasteiger partial charge in [0.25, 0.3) is 5.91 Å². The number of hydrogen-bond acceptors (Lipinski definition) is 4. The van der Waals surface area contributed by atoms with Crippen molar-refractivity contribution in [3.63, 3.8) is 0 Å². The molecule has 2 amide bonds. The monoisotopic (exact) mass is 386 g/mol. The second-order valence-electron chi connectivity index (χ2n) is 7.01. The van der Waals surface area contributed by atoms with Crippen molar-refractivity contribution in [1.29, 1.82) is 0 Å². The van der Waals surface area contributed by atoms with Gasteiger partial charge in [-0.05, 0) is 55.2 Å². The Balaban J connectivity index is 1.70. The van der Waals surface area contributed by atoms with Gasteiger partial charge >= 0.3 is 0 Å². The summed E-state index contributed by atoms with van der Waals surface area (Å²) in [5.74, 6) is -0.237. The molecule has 1 saturated carbocycles. The minimum Gasteiger partial charge on any atom is -0.326 e. The molecule has 0 radical (unpaired) electrons. The molecule has 6 nitrogen and oxygen atoms in total. The maximum absolute atomic E-state index is 12.5. The van der Waals surface area contributed by atoms with E-state index in [1.54, 1.807) is 30.3 Å². The highest BCUT2D eigenvalue weighted by molar-refractivity contribution is 7.89. The average molecular weight is 386 g/mol. The second-order valence-corrected chi connectivity index (χ2v) is 9.15. The molecular weight excluding hydrogens is 364 g/mol. The molecule has 0 aliphatic heterocycles. The van der Waals surface area contributed by atoms with Crippen LogP contribution in [0.3, 0.4) is 0 Å². The van der Waals surface area contributed by atoms with Crippen LogP contribution in [0.4, 0.5) is 11.4 Å². The number of hydrogen-bond donors (Lipinski definition) is 2. The van der Waals surface area contributed by atoms with Crippen LogP contribution >= 0.6 is 0 Å². The first-order valence-electron chi connectivity index (χ1n) is 8.71. The molecule has 142 valence electrons. The van der Waals surface area contributed by atoms with Gasteiger partial charge in [0.1, 0.15) is 0 Å². The number of amides is 2. The number of rotatable bonds is 6. The molecule has 0 aromatic heterocycles. The third kappa shape index (κ3) is 5.40. The van der Waals surface area contributed by atoms with Crippen LogP contribution in [0.15, 0.2) is 42.5 Å².